The van der Waals surface area contributed by atoms with Crippen molar-refractivity contribution in [3.8, 4) is 0 Å². The van der Waals surface area contributed by atoms with Crippen molar-refractivity contribution in [2.75, 3.05) is 33.2 Å². The van der Waals surface area contributed by atoms with Gasteiger partial charge in [-0.3, -0.25) is 9.69 Å². The monoisotopic (exact) mass is 423 g/mol. The number of fused-ring (bicyclic) bond motifs is 1. The van der Waals surface area contributed by atoms with Crippen LogP contribution in [0, 0.1) is 13.8 Å². The SMILES string of the molecule is CCC(C)(C)n1nnnc1[C@H](c1cc2ccc(C)c(C)c2[nH]c1=O)N1CCN(C)CC1. The molecule has 0 saturated carbocycles. The number of hydrogen-bond donors (Lipinski definition) is 1. The van der Waals surface area contributed by atoms with Crippen molar-refractivity contribution < 1.29 is 0 Å². The van der Waals surface area contributed by atoms with E-state index in [9.17, 15) is 4.79 Å². The van der Waals surface area contributed by atoms with Gasteiger partial charge in [0.1, 0.15) is 6.04 Å². The zero-order valence-electron chi connectivity index (χ0n) is 19.4. The molecule has 8 nitrogen and oxygen atoms in total. The van der Waals surface area contributed by atoms with Gasteiger partial charge in [-0.2, -0.15) is 0 Å². The lowest BCUT2D eigenvalue weighted by molar-refractivity contribution is 0.117. The van der Waals surface area contributed by atoms with Crippen LogP contribution in [0.2, 0.25) is 0 Å². The molecule has 8 heteroatoms. The molecular formula is C23H33N7O. The molecule has 3 heterocycles. The third kappa shape index (κ3) is 3.90. The van der Waals surface area contributed by atoms with E-state index in [0.717, 1.165) is 54.9 Å². The number of benzene rings is 1. The first-order chi connectivity index (χ1) is 14.7. The van der Waals surface area contributed by atoms with Crippen molar-refractivity contribution in [1.29, 1.82) is 0 Å². The molecular weight excluding hydrogens is 390 g/mol. The van der Waals surface area contributed by atoms with Gasteiger partial charge in [-0.25, -0.2) is 4.68 Å². The molecule has 0 bridgehead atoms. The minimum Gasteiger partial charge on any atom is -0.321 e. The molecule has 3 aromatic rings. The van der Waals surface area contributed by atoms with Gasteiger partial charge in [0.25, 0.3) is 5.56 Å². The van der Waals surface area contributed by atoms with Crippen molar-refractivity contribution in [2.24, 2.45) is 0 Å². The van der Waals surface area contributed by atoms with Gasteiger partial charge in [-0.1, -0.05) is 19.1 Å². The van der Waals surface area contributed by atoms with E-state index in [2.05, 4.69) is 84.1 Å². The number of nitrogens with one attached hydrogen (secondary N) is 1. The topological polar surface area (TPSA) is 82.9 Å². The van der Waals surface area contributed by atoms with Crippen molar-refractivity contribution >= 4 is 10.9 Å². The highest BCUT2D eigenvalue weighted by molar-refractivity contribution is 5.83. The second kappa shape index (κ2) is 8.16. The Kier molecular flexibility index (Phi) is 5.70. The average molecular weight is 424 g/mol. The summed E-state index contributed by atoms with van der Waals surface area (Å²) in [7, 11) is 2.13. The smallest absolute Gasteiger partial charge is 0.253 e. The van der Waals surface area contributed by atoms with E-state index in [1.165, 1.54) is 5.56 Å². The van der Waals surface area contributed by atoms with Gasteiger partial charge in [0.05, 0.1) is 11.1 Å². The van der Waals surface area contributed by atoms with Gasteiger partial charge in [-0.05, 0) is 74.2 Å². The number of piperazine rings is 1. The van der Waals surface area contributed by atoms with Crippen LogP contribution in [0.15, 0.2) is 23.0 Å². The standard InChI is InChI=1S/C23H33N7O/c1-7-23(4,5)30-21(25-26-27-30)20(29-12-10-28(6)11-13-29)18-14-17-9-8-15(2)16(3)19(17)24-22(18)31/h8-9,14,20H,7,10-13H2,1-6H3,(H,24,31)/t20-/m0/s1. The van der Waals surface area contributed by atoms with Crippen LogP contribution < -0.4 is 5.56 Å². The Morgan fingerprint density at radius 2 is 1.87 bits per heavy atom. The first-order valence-electron chi connectivity index (χ1n) is 11.1. The number of aryl methyl sites for hydroxylation is 2. The number of rotatable bonds is 5. The highest BCUT2D eigenvalue weighted by Crippen LogP contribution is 2.31. The molecule has 1 aromatic carbocycles. The maximum absolute atomic E-state index is 13.4. The van der Waals surface area contributed by atoms with E-state index in [0.29, 0.717) is 5.56 Å². The van der Waals surface area contributed by atoms with Crippen LogP contribution in [0.1, 0.15) is 55.7 Å². The summed E-state index contributed by atoms with van der Waals surface area (Å²) in [6.45, 7) is 14.1. The Morgan fingerprint density at radius 1 is 1.16 bits per heavy atom. The summed E-state index contributed by atoms with van der Waals surface area (Å²) < 4.78 is 1.90. The molecule has 0 unspecified atom stereocenters. The summed E-state index contributed by atoms with van der Waals surface area (Å²) in [5.74, 6) is 0.727. The fourth-order valence-electron chi connectivity index (χ4n) is 4.27. The second-order valence-corrected chi connectivity index (χ2v) is 9.38. The molecule has 1 fully saturated rings. The van der Waals surface area contributed by atoms with Gasteiger partial charge in [0.2, 0.25) is 0 Å². The maximum Gasteiger partial charge on any atom is 0.253 e. The van der Waals surface area contributed by atoms with Crippen molar-refractivity contribution in [3.63, 3.8) is 0 Å². The molecule has 4 rings (SSSR count). The van der Waals surface area contributed by atoms with Gasteiger partial charge in [0, 0.05) is 31.7 Å². The van der Waals surface area contributed by atoms with E-state index in [1.807, 2.05) is 10.7 Å². The fourth-order valence-corrected chi connectivity index (χ4v) is 4.27. The number of aromatic amines is 1. The Hall–Kier alpha value is -2.58. The lowest BCUT2D eigenvalue weighted by atomic mass is 9.98. The number of nitrogens with zero attached hydrogens (tertiary/aromatic N) is 6. The normalized spacial score (nSPS) is 17.4. The Labute approximate surface area is 183 Å². The lowest BCUT2D eigenvalue weighted by Crippen LogP contribution is -2.48. The molecule has 1 atom stereocenters. The van der Waals surface area contributed by atoms with Crippen LogP contribution >= 0.6 is 0 Å². The Balaban J connectivity index is 1.91. The molecule has 1 aliphatic rings. The number of tetrazole rings is 1. The Bertz CT molecular complexity index is 1140. The first-order valence-corrected chi connectivity index (χ1v) is 11.1. The molecule has 166 valence electrons. The van der Waals surface area contributed by atoms with E-state index in [-0.39, 0.29) is 17.1 Å². The summed E-state index contributed by atoms with van der Waals surface area (Å²) in [6, 6.07) is 5.91. The minimum absolute atomic E-state index is 0.0750. The largest absolute Gasteiger partial charge is 0.321 e. The molecule has 2 aromatic heterocycles. The van der Waals surface area contributed by atoms with Gasteiger partial charge >= 0.3 is 0 Å². The van der Waals surface area contributed by atoms with Crippen LogP contribution in [0.5, 0.6) is 0 Å². The second-order valence-electron chi connectivity index (χ2n) is 9.38. The summed E-state index contributed by atoms with van der Waals surface area (Å²) in [5, 5.41) is 13.8. The molecule has 31 heavy (non-hydrogen) atoms. The summed E-state index contributed by atoms with van der Waals surface area (Å²) >= 11 is 0. The third-order valence-corrected chi connectivity index (χ3v) is 6.95. The molecule has 0 spiro atoms. The molecule has 0 radical (unpaired) electrons. The summed E-state index contributed by atoms with van der Waals surface area (Å²) in [5.41, 5.74) is 3.55. The highest BCUT2D eigenvalue weighted by atomic mass is 16.1. The van der Waals surface area contributed by atoms with Crippen LogP contribution in [0.3, 0.4) is 0 Å². The highest BCUT2D eigenvalue weighted by Gasteiger charge is 2.35. The maximum atomic E-state index is 13.4. The van der Waals surface area contributed by atoms with E-state index in [4.69, 9.17) is 0 Å². The minimum atomic E-state index is -0.302. The van der Waals surface area contributed by atoms with Gasteiger partial charge in [0.15, 0.2) is 5.82 Å². The van der Waals surface area contributed by atoms with E-state index < -0.39 is 0 Å². The van der Waals surface area contributed by atoms with Crippen LogP contribution in [0.4, 0.5) is 0 Å². The summed E-state index contributed by atoms with van der Waals surface area (Å²) in [4.78, 5) is 21.2. The molecule has 0 amide bonds. The lowest BCUT2D eigenvalue weighted by Gasteiger charge is -2.38. The zero-order chi connectivity index (χ0) is 22.3. The van der Waals surface area contributed by atoms with E-state index >= 15 is 0 Å². The van der Waals surface area contributed by atoms with Crippen molar-refractivity contribution in [2.45, 2.75) is 52.6 Å². The summed E-state index contributed by atoms with van der Waals surface area (Å²) in [6.07, 6.45) is 0.882. The number of hydrogen-bond acceptors (Lipinski definition) is 6. The van der Waals surface area contributed by atoms with Crippen LogP contribution in [-0.2, 0) is 5.54 Å². The number of pyridine rings is 1. The number of aromatic nitrogens is 5. The Morgan fingerprint density at radius 3 is 2.55 bits per heavy atom. The number of likely N-dealkylation sites (N-methyl/N-ethyl adjacent to an activating group) is 1. The molecule has 1 saturated heterocycles. The predicted molar refractivity (Wildman–Crippen MR) is 122 cm³/mol. The zero-order valence-corrected chi connectivity index (χ0v) is 19.4. The quantitative estimate of drug-likeness (QED) is 0.679. The van der Waals surface area contributed by atoms with Gasteiger partial charge < -0.3 is 9.88 Å². The van der Waals surface area contributed by atoms with E-state index in [1.54, 1.807) is 0 Å². The fraction of sp³-hybridized carbons (Fsp3) is 0.565. The van der Waals surface area contributed by atoms with Crippen molar-refractivity contribution in [1.82, 2.24) is 35.0 Å². The number of H-pyrrole nitrogens is 1. The van der Waals surface area contributed by atoms with Crippen molar-refractivity contribution in [3.05, 3.63) is 51.1 Å². The predicted octanol–water partition coefficient (Wildman–Crippen LogP) is 2.61. The van der Waals surface area contributed by atoms with Gasteiger partial charge in [-0.15, -0.1) is 5.10 Å². The molecule has 1 aliphatic heterocycles. The van der Waals surface area contributed by atoms with Crippen LogP contribution in [-0.4, -0.2) is 68.2 Å². The first kappa shape index (κ1) is 21.6. The molecule has 1 N–H and O–H groups in total. The average Bonchev–Trinajstić information content (AvgIpc) is 3.24. The van der Waals surface area contributed by atoms with Crippen LogP contribution in [0.25, 0.3) is 10.9 Å². The molecule has 0 aliphatic carbocycles. The third-order valence-electron chi connectivity index (χ3n) is 6.95.